The molecule has 2 aromatic heterocycles. The first kappa shape index (κ1) is 32.2. The molecule has 4 heterocycles. The first-order valence-electron chi connectivity index (χ1n) is 15.4. The minimum Gasteiger partial charge on any atom is -0.384 e. The van der Waals surface area contributed by atoms with Crippen LogP contribution in [0.15, 0.2) is 72.2 Å². The van der Waals surface area contributed by atoms with E-state index in [9.17, 15) is 28.8 Å². The molecular weight excluding hydrogens is 634 g/mol. The van der Waals surface area contributed by atoms with E-state index in [1.807, 2.05) is 23.6 Å². The molecule has 1 fully saturated rings. The van der Waals surface area contributed by atoms with E-state index in [0.717, 1.165) is 29.9 Å². The summed E-state index contributed by atoms with van der Waals surface area (Å²) in [6, 6.07) is 15.8. The van der Waals surface area contributed by atoms with Gasteiger partial charge in [-0.2, -0.15) is 0 Å². The predicted octanol–water partition coefficient (Wildman–Crippen LogP) is 3.87. The van der Waals surface area contributed by atoms with Crippen LogP contribution in [0.1, 0.15) is 73.5 Å². The second-order valence-electron chi connectivity index (χ2n) is 11.2. The van der Waals surface area contributed by atoms with E-state index in [2.05, 4.69) is 31.2 Å². The van der Waals surface area contributed by atoms with Gasteiger partial charge in [-0.1, -0.05) is 12.1 Å². The van der Waals surface area contributed by atoms with Crippen molar-refractivity contribution < 1.29 is 28.8 Å². The highest BCUT2D eigenvalue weighted by molar-refractivity contribution is 7.14. The zero-order chi connectivity index (χ0) is 33.6. The SMILES string of the molecule is O=C1CCC(N2C(=O)c3cccc(NCCCCCNC(=O)c4ccc(C(=O)Nc5nc(-c6ccccn6)cs5)cc4)c3C2=O)C(=O)N1. The van der Waals surface area contributed by atoms with Gasteiger partial charge in [0.2, 0.25) is 11.8 Å². The highest BCUT2D eigenvalue weighted by Crippen LogP contribution is 2.32. The maximum atomic E-state index is 13.2. The van der Waals surface area contributed by atoms with Crippen LogP contribution >= 0.6 is 11.3 Å². The van der Waals surface area contributed by atoms with Gasteiger partial charge < -0.3 is 10.6 Å². The summed E-state index contributed by atoms with van der Waals surface area (Å²) >= 11 is 1.30. The summed E-state index contributed by atoms with van der Waals surface area (Å²) in [6.07, 6.45) is 4.08. The number of aromatic nitrogens is 2. The number of amides is 6. The molecule has 13 nitrogen and oxygen atoms in total. The number of hydrogen-bond acceptors (Lipinski definition) is 10. The number of unbranched alkanes of at least 4 members (excludes halogenated alkanes) is 2. The maximum absolute atomic E-state index is 13.2. The lowest BCUT2D eigenvalue weighted by molar-refractivity contribution is -0.136. The average molecular weight is 666 g/mol. The first-order valence-corrected chi connectivity index (χ1v) is 16.3. The van der Waals surface area contributed by atoms with Crippen molar-refractivity contribution in [2.24, 2.45) is 0 Å². The van der Waals surface area contributed by atoms with Crippen LogP contribution in [0, 0.1) is 0 Å². The Hall–Kier alpha value is -5.76. The zero-order valence-corrected chi connectivity index (χ0v) is 26.5. The van der Waals surface area contributed by atoms with Crippen molar-refractivity contribution in [1.29, 1.82) is 0 Å². The molecular formula is C34H31N7O6S. The summed E-state index contributed by atoms with van der Waals surface area (Å²) in [5, 5.41) is 13.4. The molecule has 4 N–H and O–H groups in total. The summed E-state index contributed by atoms with van der Waals surface area (Å²) in [6.45, 7) is 0.984. The number of pyridine rings is 1. The number of anilines is 2. The Morgan fingerprint density at radius 3 is 2.38 bits per heavy atom. The number of imide groups is 2. The van der Waals surface area contributed by atoms with Gasteiger partial charge in [0, 0.05) is 47.9 Å². The molecule has 0 bridgehead atoms. The van der Waals surface area contributed by atoms with E-state index in [0.29, 0.717) is 40.7 Å². The van der Waals surface area contributed by atoms with E-state index >= 15 is 0 Å². The minimum atomic E-state index is -1.02. The number of carbonyl (C=O) groups excluding carboxylic acids is 6. The van der Waals surface area contributed by atoms with Crippen LogP contribution in [-0.2, 0) is 9.59 Å². The fourth-order valence-electron chi connectivity index (χ4n) is 5.52. The van der Waals surface area contributed by atoms with Gasteiger partial charge in [-0.25, -0.2) is 4.98 Å². The molecule has 1 saturated heterocycles. The Morgan fingerprint density at radius 2 is 1.62 bits per heavy atom. The Bertz CT molecular complexity index is 1890. The van der Waals surface area contributed by atoms with E-state index in [1.54, 1.807) is 48.7 Å². The molecule has 0 saturated carbocycles. The van der Waals surface area contributed by atoms with Crippen molar-refractivity contribution in [2.75, 3.05) is 23.7 Å². The molecule has 244 valence electrons. The number of rotatable bonds is 12. The fraction of sp³-hybridized carbons (Fsp3) is 0.235. The number of hydrogen-bond donors (Lipinski definition) is 4. The van der Waals surface area contributed by atoms with Gasteiger partial charge in [0.25, 0.3) is 23.6 Å². The number of nitrogens with one attached hydrogen (secondary N) is 4. The smallest absolute Gasteiger partial charge is 0.264 e. The van der Waals surface area contributed by atoms with Crippen molar-refractivity contribution >= 4 is 57.6 Å². The van der Waals surface area contributed by atoms with Crippen molar-refractivity contribution in [3.63, 3.8) is 0 Å². The summed E-state index contributed by atoms with van der Waals surface area (Å²) in [5.41, 5.74) is 3.17. The fourth-order valence-corrected chi connectivity index (χ4v) is 6.22. The van der Waals surface area contributed by atoms with Gasteiger partial charge in [-0.05, 0) is 74.2 Å². The molecule has 6 amide bonds. The van der Waals surface area contributed by atoms with E-state index < -0.39 is 29.7 Å². The predicted molar refractivity (Wildman–Crippen MR) is 178 cm³/mol. The number of thiazole rings is 1. The van der Waals surface area contributed by atoms with Gasteiger partial charge in [-0.3, -0.25) is 49.3 Å². The van der Waals surface area contributed by atoms with Crippen LogP contribution in [-0.4, -0.2) is 69.4 Å². The Labute approximate surface area is 279 Å². The summed E-state index contributed by atoms with van der Waals surface area (Å²) in [5.74, 6) is -2.75. The van der Waals surface area contributed by atoms with Gasteiger partial charge in [0.1, 0.15) is 11.7 Å². The maximum Gasteiger partial charge on any atom is 0.264 e. The van der Waals surface area contributed by atoms with Crippen LogP contribution in [0.4, 0.5) is 10.8 Å². The van der Waals surface area contributed by atoms with E-state index in [1.165, 1.54) is 11.3 Å². The molecule has 2 aliphatic rings. The normalized spacial score (nSPS) is 15.6. The third-order valence-electron chi connectivity index (χ3n) is 7.98. The molecule has 0 spiro atoms. The zero-order valence-electron chi connectivity index (χ0n) is 25.7. The lowest BCUT2D eigenvalue weighted by Gasteiger charge is -2.27. The van der Waals surface area contributed by atoms with Gasteiger partial charge in [-0.15, -0.1) is 11.3 Å². The quantitative estimate of drug-likeness (QED) is 0.129. The topological polar surface area (TPSA) is 180 Å². The molecule has 1 unspecified atom stereocenters. The van der Waals surface area contributed by atoms with Crippen molar-refractivity contribution in [3.05, 3.63) is 94.5 Å². The molecule has 1 atom stereocenters. The summed E-state index contributed by atoms with van der Waals surface area (Å²) in [4.78, 5) is 85.0. The van der Waals surface area contributed by atoms with E-state index in [-0.39, 0.29) is 35.8 Å². The number of carbonyl (C=O) groups is 6. The van der Waals surface area contributed by atoms with Crippen molar-refractivity contribution in [1.82, 2.24) is 25.5 Å². The van der Waals surface area contributed by atoms with E-state index in [4.69, 9.17) is 0 Å². The molecule has 48 heavy (non-hydrogen) atoms. The molecule has 2 aromatic carbocycles. The van der Waals surface area contributed by atoms with Crippen LogP contribution in [0.25, 0.3) is 11.4 Å². The second kappa shape index (κ2) is 14.3. The second-order valence-corrected chi connectivity index (χ2v) is 12.1. The highest BCUT2D eigenvalue weighted by Gasteiger charge is 2.45. The largest absolute Gasteiger partial charge is 0.384 e. The van der Waals surface area contributed by atoms with Crippen LogP contribution in [0.3, 0.4) is 0 Å². The number of nitrogens with zero attached hydrogens (tertiary/aromatic N) is 3. The van der Waals surface area contributed by atoms with Gasteiger partial charge in [0.15, 0.2) is 5.13 Å². The molecule has 14 heteroatoms. The monoisotopic (exact) mass is 665 g/mol. The van der Waals surface area contributed by atoms with Crippen molar-refractivity contribution in [2.45, 2.75) is 38.1 Å². The average Bonchev–Trinajstić information content (AvgIpc) is 3.67. The number of piperidine rings is 1. The number of benzene rings is 2. The third-order valence-corrected chi connectivity index (χ3v) is 8.74. The summed E-state index contributed by atoms with van der Waals surface area (Å²) < 4.78 is 0. The Kier molecular flexibility index (Phi) is 9.62. The molecule has 0 aliphatic carbocycles. The molecule has 2 aliphatic heterocycles. The first-order chi connectivity index (χ1) is 23.3. The molecule has 0 radical (unpaired) electrons. The lowest BCUT2D eigenvalue weighted by atomic mass is 10.0. The van der Waals surface area contributed by atoms with Gasteiger partial charge in [0.05, 0.1) is 16.8 Å². The standard InChI is InChI=1S/C34H31N7O6S/c42-27-15-14-26(31(45)39-27)41-32(46)22-7-6-9-24(28(22)33(41)47)36-16-3-1-4-18-37-29(43)20-10-12-21(13-11-20)30(44)40-34-38-25(19-48-34)23-8-2-5-17-35-23/h2,5-13,17,19,26,36H,1,3-4,14-16,18H2,(H,37,43)(H,38,40,44)(H,39,42,45). The van der Waals surface area contributed by atoms with Crippen LogP contribution < -0.4 is 21.3 Å². The highest BCUT2D eigenvalue weighted by atomic mass is 32.1. The number of fused-ring (bicyclic) bond motifs is 1. The molecule has 6 rings (SSSR count). The third kappa shape index (κ3) is 6.98. The van der Waals surface area contributed by atoms with Crippen molar-refractivity contribution in [3.8, 4) is 11.4 Å². The van der Waals surface area contributed by atoms with Crippen LogP contribution in [0.2, 0.25) is 0 Å². The Morgan fingerprint density at radius 1 is 0.854 bits per heavy atom. The lowest BCUT2D eigenvalue weighted by Crippen LogP contribution is -2.54. The Balaban J connectivity index is 0.919. The summed E-state index contributed by atoms with van der Waals surface area (Å²) in [7, 11) is 0. The minimum absolute atomic E-state index is 0.0596. The van der Waals surface area contributed by atoms with Gasteiger partial charge >= 0.3 is 0 Å². The molecule has 4 aromatic rings. The van der Waals surface area contributed by atoms with Crippen LogP contribution in [0.5, 0.6) is 0 Å².